The summed E-state index contributed by atoms with van der Waals surface area (Å²) in [4.78, 5) is -3.16. The van der Waals surface area contributed by atoms with Gasteiger partial charge in [0.2, 0.25) is 0 Å². The van der Waals surface area contributed by atoms with Crippen molar-refractivity contribution in [2.75, 3.05) is 7.11 Å². The molecular formula is C45H33N9O18S5. The van der Waals surface area contributed by atoms with Gasteiger partial charge in [-0.05, 0) is 115 Å². The summed E-state index contributed by atoms with van der Waals surface area (Å²) in [6.45, 7) is 3.35. The average molecular weight is 1150 g/mol. The molecule has 32 heteroatoms. The smallest absolute Gasteiger partial charge is 0.296 e. The summed E-state index contributed by atoms with van der Waals surface area (Å²) in [7, 11) is -23.7. The lowest BCUT2D eigenvalue weighted by Gasteiger charge is -2.10. The monoisotopic (exact) mass is 1150 g/mol. The minimum atomic E-state index is -5.18. The van der Waals surface area contributed by atoms with Crippen LogP contribution in [0.5, 0.6) is 17.2 Å². The average Bonchev–Trinajstić information content (AvgIpc) is 3.87. The highest BCUT2D eigenvalue weighted by atomic mass is 32.2. The van der Waals surface area contributed by atoms with Crippen LogP contribution in [-0.4, -0.2) is 97.2 Å². The zero-order chi connectivity index (χ0) is 55.9. The van der Waals surface area contributed by atoms with Gasteiger partial charge in [0.1, 0.15) is 54.3 Å². The summed E-state index contributed by atoms with van der Waals surface area (Å²) in [5.41, 5.74) is 0.881. The Bertz CT molecular complexity index is 4760. The summed E-state index contributed by atoms with van der Waals surface area (Å²) >= 11 is 0. The Labute approximate surface area is 433 Å². The molecule has 0 bridgehead atoms. The maximum atomic E-state index is 12.8. The van der Waals surface area contributed by atoms with E-state index in [0.29, 0.717) is 34.6 Å². The summed E-state index contributed by atoms with van der Waals surface area (Å²) in [5.74, 6) is -1.38. The third kappa shape index (κ3) is 10.6. The Morgan fingerprint density at radius 3 is 1.65 bits per heavy atom. The van der Waals surface area contributed by atoms with Gasteiger partial charge in [-0.1, -0.05) is 12.1 Å². The van der Waals surface area contributed by atoms with E-state index >= 15 is 0 Å². The highest BCUT2D eigenvalue weighted by Gasteiger charge is 2.26. The number of hydrogen-bond acceptors (Lipinski definition) is 21. The van der Waals surface area contributed by atoms with Crippen molar-refractivity contribution in [2.45, 2.75) is 38.3 Å². The third-order valence-corrected chi connectivity index (χ3v) is 15.9. The number of azo groups is 3. The zero-order valence-electron chi connectivity index (χ0n) is 39.0. The summed E-state index contributed by atoms with van der Waals surface area (Å²) in [6.07, 6.45) is 0. The number of nitrogens with zero attached hydrogens (tertiary/aromatic N) is 9. The standard InChI is InChI=1S/C45H33N9O18S5/c1-21-11-35(22(2)10-34(21)47-46-25-5-4-23-13-27(73(57,58)59)17-41(31(23)15-25)76(66,67)68)48-50-37-19-38(55)36(20-39(37)72-3)49-51-44-42(77(69,70)71)14-24-12-26(6-7-29(24)45(44)56)54-52-33-9-8-30-32(43(33)53-54)16-28(74(60,61)62)18-40(30)75(63,64)65/h4-20,55-56H,1-3H3,(H,57,58,59)(H,60,61,62)(H,63,64,65)(H,66,67,68)(H,69,70,71). The Kier molecular flexibility index (Phi) is 13.2. The Hall–Kier alpha value is -8.31. The molecule has 0 spiro atoms. The van der Waals surface area contributed by atoms with E-state index < -0.39 is 92.3 Å². The Morgan fingerprint density at radius 1 is 0.468 bits per heavy atom. The molecule has 8 aromatic carbocycles. The molecule has 77 heavy (non-hydrogen) atoms. The molecule has 0 aliphatic heterocycles. The van der Waals surface area contributed by atoms with E-state index in [9.17, 15) is 75.1 Å². The molecule has 0 saturated heterocycles. The molecular weight excluding hydrogens is 1110 g/mol. The number of phenols is 2. The first kappa shape index (κ1) is 53.5. The second-order valence-electron chi connectivity index (χ2n) is 16.7. The van der Waals surface area contributed by atoms with Gasteiger partial charge in [0, 0.05) is 33.7 Å². The van der Waals surface area contributed by atoms with Crippen LogP contribution in [0.25, 0.3) is 49.0 Å². The molecule has 0 aliphatic carbocycles. The van der Waals surface area contributed by atoms with Crippen LogP contribution < -0.4 is 4.74 Å². The number of aromatic nitrogens is 3. The van der Waals surface area contributed by atoms with Crippen LogP contribution in [0.1, 0.15) is 11.1 Å². The van der Waals surface area contributed by atoms with Crippen molar-refractivity contribution in [1.82, 2.24) is 15.0 Å². The van der Waals surface area contributed by atoms with Gasteiger partial charge in [0.25, 0.3) is 50.6 Å². The van der Waals surface area contributed by atoms with E-state index in [4.69, 9.17) is 4.74 Å². The predicted octanol–water partition coefficient (Wildman–Crippen LogP) is 9.40. The van der Waals surface area contributed by atoms with Crippen molar-refractivity contribution in [3.63, 3.8) is 0 Å². The molecule has 0 aliphatic rings. The molecule has 0 unspecified atom stereocenters. The molecule has 9 aromatic rings. The van der Waals surface area contributed by atoms with E-state index in [2.05, 4.69) is 40.9 Å². The molecule has 0 radical (unpaired) electrons. The van der Waals surface area contributed by atoms with Gasteiger partial charge in [0.05, 0.1) is 39.7 Å². The minimum absolute atomic E-state index is 0.0158. The maximum Gasteiger partial charge on any atom is 0.296 e. The fourth-order valence-corrected chi connectivity index (χ4v) is 11.2. The van der Waals surface area contributed by atoms with Gasteiger partial charge in [-0.15, -0.1) is 25.5 Å². The lowest BCUT2D eigenvalue weighted by atomic mass is 10.1. The number of benzene rings is 8. The largest absolute Gasteiger partial charge is 0.506 e. The van der Waals surface area contributed by atoms with Gasteiger partial charge in [-0.25, -0.2) is 0 Å². The van der Waals surface area contributed by atoms with Gasteiger partial charge in [0.15, 0.2) is 5.75 Å². The summed E-state index contributed by atoms with van der Waals surface area (Å²) in [6, 6.07) is 20.1. The van der Waals surface area contributed by atoms with Crippen LogP contribution in [0, 0.1) is 13.8 Å². The van der Waals surface area contributed by atoms with Crippen LogP contribution >= 0.6 is 0 Å². The number of methoxy groups -OCH3 is 1. The third-order valence-electron chi connectivity index (χ3n) is 11.6. The normalized spacial score (nSPS) is 13.1. The van der Waals surface area contributed by atoms with Crippen molar-refractivity contribution in [3.05, 3.63) is 114 Å². The minimum Gasteiger partial charge on any atom is -0.506 e. The number of ether oxygens (including phenoxy) is 1. The van der Waals surface area contributed by atoms with Crippen molar-refractivity contribution in [2.24, 2.45) is 30.7 Å². The number of hydrogen-bond donors (Lipinski definition) is 7. The first-order chi connectivity index (χ1) is 35.9. The number of fused-ring (bicyclic) bond motifs is 5. The molecule has 7 N–H and O–H groups in total. The van der Waals surface area contributed by atoms with E-state index in [1.54, 1.807) is 26.0 Å². The summed E-state index contributed by atoms with van der Waals surface area (Å²) in [5, 5.41) is 55.4. The topological polar surface area (TPSA) is 426 Å². The van der Waals surface area contributed by atoms with Crippen LogP contribution in [0.15, 0.2) is 158 Å². The lowest BCUT2D eigenvalue weighted by molar-refractivity contribution is 0.413. The maximum absolute atomic E-state index is 12.8. The number of aryl methyl sites for hydroxylation is 2. The van der Waals surface area contributed by atoms with Gasteiger partial charge in [-0.3, -0.25) is 22.8 Å². The number of rotatable bonds is 13. The predicted molar refractivity (Wildman–Crippen MR) is 272 cm³/mol. The van der Waals surface area contributed by atoms with Crippen LogP contribution in [0.3, 0.4) is 0 Å². The quantitative estimate of drug-likeness (QED) is 0.0417. The molecule has 1 heterocycles. The highest BCUT2D eigenvalue weighted by molar-refractivity contribution is 7.87. The molecule has 9 rings (SSSR count). The van der Waals surface area contributed by atoms with Crippen LogP contribution in [0.4, 0.5) is 34.1 Å². The van der Waals surface area contributed by atoms with Gasteiger partial charge >= 0.3 is 0 Å². The van der Waals surface area contributed by atoms with E-state index in [-0.39, 0.29) is 71.8 Å². The fourth-order valence-electron chi connectivity index (χ4n) is 7.89. The molecule has 0 fully saturated rings. The van der Waals surface area contributed by atoms with Crippen molar-refractivity contribution in [3.8, 4) is 22.9 Å². The fraction of sp³-hybridized carbons (Fsp3) is 0.0667. The zero-order valence-corrected chi connectivity index (χ0v) is 43.1. The van der Waals surface area contributed by atoms with Crippen molar-refractivity contribution in [1.29, 1.82) is 0 Å². The van der Waals surface area contributed by atoms with E-state index in [1.165, 1.54) is 61.7 Å². The second-order valence-corrected chi connectivity index (χ2v) is 23.7. The number of aromatic hydroxyl groups is 2. The van der Waals surface area contributed by atoms with Crippen LogP contribution in [0.2, 0.25) is 0 Å². The van der Waals surface area contributed by atoms with Crippen LogP contribution in [-0.2, 0) is 50.6 Å². The molecule has 0 saturated carbocycles. The molecule has 0 amide bonds. The molecule has 1 aromatic heterocycles. The van der Waals surface area contributed by atoms with Gasteiger partial charge in [-0.2, -0.15) is 62.2 Å². The molecule has 0 atom stereocenters. The molecule has 27 nitrogen and oxygen atoms in total. The van der Waals surface area contributed by atoms with E-state index in [0.717, 1.165) is 29.1 Å². The summed E-state index contributed by atoms with van der Waals surface area (Å²) < 4.78 is 176. The lowest BCUT2D eigenvalue weighted by Crippen LogP contribution is -2.04. The SMILES string of the molecule is COc1cc(N=Nc2c(S(=O)(=O)O)cc3cc(-n4nc5ccc6c(S(=O)(=O)O)cc(S(=O)(=O)O)cc6c5n4)ccc3c2O)c(O)cc1N=Nc1cc(C)c(N=Nc2ccc3cc(S(=O)(=O)O)cc(S(=O)(=O)O)c3c2)cc1C. The Balaban J connectivity index is 0.993. The number of phenolic OH excluding ortho intramolecular Hbond substituents is 2. The first-order valence-corrected chi connectivity index (χ1v) is 28.5. The van der Waals surface area contributed by atoms with E-state index in [1.807, 2.05) is 0 Å². The molecule has 396 valence electrons. The Morgan fingerprint density at radius 2 is 1.04 bits per heavy atom. The highest BCUT2D eigenvalue weighted by Crippen LogP contribution is 2.45. The van der Waals surface area contributed by atoms with Crippen molar-refractivity contribution < 1.29 is 79.8 Å². The van der Waals surface area contributed by atoms with Gasteiger partial charge < -0.3 is 14.9 Å². The second kappa shape index (κ2) is 19.1. The first-order valence-electron chi connectivity index (χ1n) is 21.3. The van der Waals surface area contributed by atoms with Crippen molar-refractivity contribution >= 4 is 128 Å².